The maximum atomic E-state index is 12.2. The highest BCUT2D eigenvalue weighted by Gasteiger charge is 2.10. The zero-order chi connectivity index (χ0) is 18.4. The molecule has 2 aromatic carbocycles. The van der Waals surface area contributed by atoms with Crippen molar-refractivity contribution in [1.82, 2.24) is 5.32 Å². The fraction of sp³-hybridized carbons (Fsp3) is 0.118. The van der Waals surface area contributed by atoms with Crippen LogP contribution in [0, 0.1) is 0 Å². The normalized spacial score (nSPS) is 10.1. The maximum Gasteiger partial charge on any atom is 0.305 e. The minimum atomic E-state index is -0.981. The smallest absolute Gasteiger partial charge is 0.305 e. The van der Waals surface area contributed by atoms with Gasteiger partial charge in [0.2, 0.25) is 0 Å². The lowest BCUT2D eigenvalue weighted by Crippen LogP contribution is -2.41. The van der Waals surface area contributed by atoms with Crippen molar-refractivity contribution in [2.24, 2.45) is 0 Å². The van der Waals surface area contributed by atoms with Gasteiger partial charge in [-0.15, -0.1) is 0 Å². The minimum absolute atomic E-state index is 0.0519. The molecule has 8 heteroatoms. The van der Waals surface area contributed by atoms with E-state index in [9.17, 15) is 14.4 Å². The van der Waals surface area contributed by atoms with Crippen LogP contribution in [0.25, 0.3) is 0 Å². The molecule has 0 heterocycles. The zero-order valence-electron chi connectivity index (χ0n) is 13.4. The molecule has 0 saturated carbocycles. The summed E-state index contributed by atoms with van der Waals surface area (Å²) in [5.41, 5.74) is 11.8. The van der Waals surface area contributed by atoms with Crippen LogP contribution < -0.4 is 22.1 Å². The average molecular weight is 343 g/mol. The number of quaternary nitrogens is 1. The van der Waals surface area contributed by atoms with Crippen LogP contribution >= 0.6 is 0 Å². The first-order valence-electron chi connectivity index (χ1n) is 7.49. The molecule has 0 aliphatic carbocycles. The van der Waals surface area contributed by atoms with E-state index in [1.54, 1.807) is 42.5 Å². The van der Waals surface area contributed by atoms with Gasteiger partial charge in [-0.2, -0.15) is 0 Å². The SMILES string of the molecule is Nc1cc(C(=O)Nc2ccc(C(=O)NCCC(=O)O)cc2)ccc1[NH3+]. The van der Waals surface area contributed by atoms with Crippen molar-refractivity contribution in [3.63, 3.8) is 0 Å². The Bertz CT molecular complexity index is 803. The van der Waals surface area contributed by atoms with Gasteiger partial charge in [0, 0.05) is 29.4 Å². The van der Waals surface area contributed by atoms with Crippen molar-refractivity contribution in [1.29, 1.82) is 0 Å². The summed E-state index contributed by atoms with van der Waals surface area (Å²) in [7, 11) is 0. The molecule has 2 amide bonds. The maximum absolute atomic E-state index is 12.2. The van der Waals surface area contributed by atoms with Crippen LogP contribution in [0.15, 0.2) is 42.5 Å². The molecule has 0 radical (unpaired) electrons. The quantitative estimate of drug-likeness (QED) is 0.487. The van der Waals surface area contributed by atoms with Gasteiger partial charge in [0.25, 0.3) is 11.8 Å². The van der Waals surface area contributed by atoms with Gasteiger partial charge in [-0.3, -0.25) is 14.4 Å². The van der Waals surface area contributed by atoms with Crippen LogP contribution in [0.3, 0.4) is 0 Å². The van der Waals surface area contributed by atoms with Gasteiger partial charge in [0.15, 0.2) is 5.69 Å². The molecule has 0 fully saturated rings. The largest absolute Gasteiger partial charge is 0.481 e. The summed E-state index contributed by atoms with van der Waals surface area (Å²) in [5.74, 6) is -1.69. The minimum Gasteiger partial charge on any atom is -0.481 e. The van der Waals surface area contributed by atoms with Gasteiger partial charge < -0.3 is 27.2 Å². The number of nitrogens with one attached hydrogen (secondary N) is 2. The van der Waals surface area contributed by atoms with Gasteiger partial charge in [-0.1, -0.05) is 0 Å². The van der Waals surface area contributed by atoms with Crippen molar-refractivity contribution in [3.8, 4) is 0 Å². The first kappa shape index (κ1) is 18.0. The molecule has 0 saturated heterocycles. The summed E-state index contributed by atoms with van der Waals surface area (Å²) in [6, 6.07) is 11.1. The first-order valence-corrected chi connectivity index (χ1v) is 7.49. The molecule has 2 aromatic rings. The Balaban J connectivity index is 1.97. The fourth-order valence-corrected chi connectivity index (χ4v) is 2.03. The molecule has 8 N–H and O–H groups in total. The molecule has 0 aromatic heterocycles. The van der Waals surface area contributed by atoms with E-state index in [1.165, 1.54) is 0 Å². The Kier molecular flexibility index (Phi) is 5.70. The van der Waals surface area contributed by atoms with Gasteiger partial charge in [0.05, 0.1) is 12.1 Å². The Labute approximate surface area is 143 Å². The summed E-state index contributed by atoms with van der Waals surface area (Å²) >= 11 is 0. The van der Waals surface area contributed by atoms with Gasteiger partial charge in [-0.05, 0) is 36.4 Å². The summed E-state index contributed by atoms with van der Waals surface area (Å²) in [6.07, 6.45) is -0.144. The summed E-state index contributed by atoms with van der Waals surface area (Å²) in [6.45, 7) is 0.0519. The van der Waals surface area contributed by atoms with Gasteiger partial charge in [-0.25, -0.2) is 0 Å². The third kappa shape index (κ3) is 5.05. The number of nitrogens with two attached hydrogens (primary N) is 1. The van der Waals surface area contributed by atoms with Crippen LogP contribution in [-0.2, 0) is 4.79 Å². The van der Waals surface area contributed by atoms with E-state index >= 15 is 0 Å². The van der Waals surface area contributed by atoms with E-state index in [1.807, 2.05) is 0 Å². The summed E-state index contributed by atoms with van der Waals surface area (Å²) < 4.78 is 0. The van der Waals surface area contributed by atoms with E-state index in [-0.39, 0.29) is 24.8 Å². The van der Waals surface area contributed by atoms with Crippen LogP contribution in [0.2, 0.25) is 0 Å². The number of carbonyl (C=O) groups excluding carboxylic acids is 2. The second kappa shape index (κ2) is 7.93. The Morgan fingerprint density at radius 1 is 1.00 bits per heavy atom. The highest BCUT2D eigenvalue weighted by atomic mass is 16.4. The van der Waals surface area contributed by atoms with Crippen LogP contribution in [-0.4, -0.2) is 29.4 Å². The number of benzene rings is 2. The zero-order valence-corrected chi connectivity index (χ0v) is 13.4. The highest BCUT2D eigenvalue weighted by molar-refractivity contribution is 6.05. The second-order valence-electron chi connectivity index (χ2n) is 5.34. The molecule has 0 aliphatic heterocycles. The predicted molar refractivity (Wildman–Crippen MR) is 92.4 cm³/mol. The lowest BCUT2D eigenvalue weighted by molar-refractivity contribution is -0.253. The number of hydrogen-bond acceptors (Lipinski definition) is 4. The van der Waals surface area contributed by atoms with Crippen LogP contribution in [0.5, 0.6) is 0 Å². The molecule has 0 atom stereocenters. The monoisotopic (exact) mass is 343 g/mol. The highest BCUT2D eigenvalue weighted by Crippen LogP contribution is 2.16. The third-order valence-corrected chi connectivity index (χ3v) is 3.44. The fourth-order valence-electron chi connectivity index (χ4n) is 2.03. The second-order valence-corrected chi connectivity index (χ2v) is 5.34. The van der Waals surface area contributed by atoms with Crippen LogP contribution in [0.1, 0.15) is 27.1 Å². The molecule has 0 aliphatic rings. The van der Waals surface area contributed by atoms with Gasteiger partial charge >= 0.3 is 5.97 Å². The average Bonchev–Trinajstić information content (AvgIpc) is 2.57. The number of rotatable bonds is 6. The number of amides is 2. The molecular weight excluding hydrogens is 324 g/mol. The topological polar surface area (TPSA) is 149 Å². The van der Waals surface area contributed by atoms with Crippen molar-refractivity contribution in [2.45, 2.75) is 6.42 Å². The standard InChI is InChI=1S/C17H18N4O4/c18-13-6-3-11(9-14(13)19)17(25)21-12-4-1-10(2-5-12)16(24)20-8-7-15(22)23/h1-6,9H,7-8,18-19H2,(H,20,24)(H,21,25)(H,22,23)/p+1. The first-order chi connectivity index (χ1) is 11.9. The molecule has 0 bridgehead atoms. The van der Waals surface area contributed by atoms with Gasteiger partial charge in [0.1, 0.15) is 0 Å². The number of nitrogen functional groups attached to an aromatic ring is 1. The molecule has 2 rings (SSSR count). The summed E-state index contributed by atoms with van der Waals surface area (Å²) in [5, 5.41) is 13.7. The molecule has 0 unspecified atom stereocenters. The van der Waals surface area contributed by atoms with Crippen LogP contribution in [0.4, 0.5) is 17.1 Å². The number of carbonyl (C=O) groups is 3. The Morgan fingerprint density at radius 2 is 1.64 bits per heavy atom. The number of carboxylic acids is 1. The van der Waals surface area contributed by atoms with Crippen molar-refractivity contribution in [2.75, 3.05) is 17.6 Å². The van der Waals surface area contributed by atoms with Crippen molar-refractivity contribution in [3.05, 3.63) is 53.6 Å². The van der Waals surface area contributed by atoms with E-state index in [0.717, 1.165) is 0 Å². The van der Waals surface area contributed by atoms with Crippen molar-refractivity contribution < 1.29 is 25.2 Å². The molecular formula is C17H19N4O4+. The lowest BCUT2D eigenvalue weighted by atomic mass is 10.1. The van der Waals surface area contributed by atoms with E-state index < -0.39 is 5.97 Å². The van der Waals surface area contributed by atoms with E-state index in [0.29, 0.717) is 28.2 Å². The van der Waals surface area contributed by atoms with Crippen molar-refractivity contribution >= 4 is 34.8 Å². The Morgan fingerprint density at radius 3 is 2.24 bits per heavy atom. The lowest BCUT2D eigenvalue weighted by Gasteiger charge is -2.08. The molecule has 0 spiro atoms. The Hall–Kier alpha value is -3.39. The number of hydrogen-bond donors (Lipinski definition) is 5. The number of carboxylic acid groups (broad SMARTS) is 1. The van der Waals surface area contributed by atoms with E-state index in [2.05, 4.69) is 16.4 Å². The predicted octanol–water partition coefficient (Wildman–Crippen LogP) is 0.599. The number of anilines is 2. The molecule has 130 valence electrons. The third-order valence-electron chi connectivity index (χ3n) is 3.44. The number of aliphatic carboxylic acids is 1. The van der Waals surface area contributed by atoms with E-state index in [4.69, 9.17) is 10.8 Å². The summed E-state index contributed by atoms with van der Waals surface area (Å²) in [4.78, 5) is 34.4. The molecule has 25 heavy (non-hydrogen) atoms. The molecule has 8 nitrogen and oxygen atoms in total.